The third-order valence-electron chi connectivity index (χ3n) is 3.68. The Hall–Kier alpha value is -1.31. The molecule has 0 saturated carbocycles. The molecule has 19 heavy (non-hydrogen) atoms. The van der Waals surface area contributed by atoms with Gasteiger partial charge in [-0.25, -0.2) is 0 Å². The second-order valence-corrected chi connectivity index (χ2v) is 7.86. The number of rotatable bonds is 1. The Kier molecular flexibility index (Phi) is 3.24. The van der Waals surface area contributed by atoms with E-state index < -0.39 is 0 Å². The Morgan fingerprint density at radius 3 is 2.26 bits per heavy atom. The molecule has 1 N–H and O–H groups in total. The number of amides is 1. The van der Waals surface area contributed by atoms with Gasteiger partial charge in [0.1, 0.15) is 0 Å². The van der Waals surface area contributed by atoms with Gasteiger partial charge in [-0.05, 0) is 34.4 Å². The van der Waals surface area contributed by atoms with Crippen molar-refractivity contribution in [2.45, 2.75) is 59.3 Å². The number of nitrogens with one attached hydrogen (secondary N) is 1. The standard InChI is InChI=1S/C17H25NO/c1-16(2,3)10-13-12-9-11(17(4,5)6)7-8-14(12)18-15(13)19/h7-9,13H,10H2,1-6H3,(H,18,19). The van der Waals surface area contributed by atoms with Crippen LogP contribution in [0.1, 0.15) is 65.0 Å². The Labute approximate surface area is 116 Å². The van der Waals surface area contributed by atoms with Crippen molar-refractivity contribution >= 4 is 11.6 Å². The molecule has 0 spiro atoms. The molecule has 0 aliphatic carbocycles. The van der Waals surface area contributed by atoms with E-state index in [0.717, 1.165) is 12.1 Å². The Balaban J connectivity index is 2.40. The number of fused-ring (bicyclic) bond motifs is 1. The number of hydrogen-bond acceptors (Lipinski definition) is 1. The van der Waals surface area contributed by atoms with Crippen molar-refractivity contribution in [2.24, 2.45) is 5.41 Å². The van der Waals surface area contributed by atoms with Crippen LogP contribution < -0.4 is 5.32 Å². The first-order valence-corrected chi connectivity index (χ1v) is 7.03. The molecule has 1 unspecified atom stereocenters. The van der Waals surface area contributed by atoms with Gasteiger partial charge in [-0.1, -0.05) is 53.7 Å². The van der Waals surface area contributed by atoms with Gasteiger partial charge in [-0.2, -0.15) is 0 Å². The van der Waals surface area contributed by atoms with Gasteiger partial charge in [0.25, 0.3) is 0 Å². The molecule has 104 valence electrons. The molecule has 1 aliphatic rings. The van der Waals surface area contributed by atoms with Crippen LogP contribution in [0.2, 0.25) is 0 Å². The van der Waals surface area contributed by atoms with Gasteiger partial charge >= 0.3 is 0 Å². The summed E-state index contributed by atoms with van der Waals surface area (Å²) in [6, 6.07) is 6.39. The molecule has 0 aromatic heterocycles. The first-order chi connectivity index (χ1) is 8.58. The van der Waals surface area contributed by atoms with Gasteiger partial charge in [0.15, 0.2) is 0 Å². The van der Waals surface area contributed by atoms with Gasteiger partial charge in [0, 0.05) is 5.69 Å². The average Bonchev–Trinajstić information content (AvgIpc) is 2.51. The van der Waals surface area contributed by atoms with Crippen LogP contribution in [0.3, 0.4) is 0 Å². The topological polar surface area (TPSA) is 29.1 Å². The predicted molar refractivity (Wildman–Crippen MR) is 80.6 cm³/mol. The summed E-state index contributed by atoms with van der Waals surface area (Å²) >= 11 is 0. The SMILES string of the molecule is CC(C)(C)CC1C(=O)Nc2ccc(C(C)(C)C)cc21. The zero-order valence-electron chi connectivity index (χ0n) is 12.9. The minimum absolute atomic E-state index is 0.00250. The molecule has 1 heterocycles. The number of hydrogen-bond donors (Lipinski definition) is 1. The number of carbonyl (C=O) groups excluding carboxylic acids is 1. The molecule has 0 saturated heterocycles. The number of benzene rings is 1. The van der Waals surface area contributed by atoms with Crippen LogP contribution >= 0.6 is 0 Å². The normalized spacial score (nSPS) is 19.3. The molecule has 1 aromatic rings. The van der Waals surface area contributed by atoms with Crippen molar-refractivity contribution in [3.63, 3.8) is 0 Å². The second kappa shape index (κ2) is 4.36. The first kappa shape index (κ1) is 14.1. The van der Waals surface area contributed by atoms with E-state index in [0.29, 0.717) is 0 Å². The monoisotopic (exact) mass is 259 g/mol. The van der Waals surface area contributed by atoms with Crippen LogP contribution in [-0.4, -0.2) is 5.91 Å². The molecule has 2 nitrogen and oxygen atoms in total. The summed E-state index contributed by atoms with van der Waals surface area (Å²) in [7, 11) is 0. The van der Waals surface area contributed by atoms with Crippen molar-refractivity contribution < 1.29 is 4.79 Å². The third-order valence-corrected chi connectivity index (χ3v) is 3.68. The summed E-state index contributed by atoms with van der Waals surface area (Å²) in [5.41, 5.74) is 3.73. The van der Waals surface area contributed by atoms with Crippen LogP contribution in [0.5, 0.6) is 0 Å². The van der Waals surface area contributed by atoms with E-state index in [-0.39, 0.29) is 22.7 Å². The van der Waals surface area contributed by atoms with E-state index in [4.69, 9.17) is 0 Å². The summed E-state index contributed by atoms with van der Waals surface area (Å²) in [6.07, 6.45) is 0.888. The fourth-order valence-corrected chi connectivity index (χ4v) is 2.61. The molecule has 0 bridgehead atoms. The Morgan fingerprint density at radius 2 is 1.74 bits per heavy atom. The van der Waals surface area contributed by atoms with Crippen molar-refractivity contribution in [3.8, 4) is 0 Å². The maximum Gasteiger partial charge on any atom is 0.232 e. The zero-order chi connectivity index (χ0) is 14.4. The zero-order valence-corrected chi connectivity index (χ0v) is 12.9. The quantitative estimate of drug-likeness (QED) is 0.793. The lowest BCUT2D eigenvalue weighted by Crippen LogP contribution is -2.19. The molecule has 2 heteroatoms. The van der Waals surface area contributed by atoms with E-state index in [9.17, 15) is 4.79 Å². The molecule has 1 atom stereocenters. The van der Waals surface area contributed by atoms with Crippen molar-refractivity contribution in [2.75, 3.05) is 5.32 Å². The molecule has 1 aromatic carbocycles. The highest BCUT2D eigenvalue weighted by Gasteiger charge is 2.34. The van der Waals surface area contributed by atoms with Crippen LogP contribution in [0, 0.1) is 5.41 Å². The molecular weight excluding hydrogens is 234 g/mol. The molecular formula is C17H25NO. The summed E-state index contributed by atoms with van der Waals surface area (Å²) < 4.78 is 0. The van der Waals surface area contributed by atoms with Crippen molar-refractivity contribution in [1.82, 2.24) is 0 Å². The smallest absolute Gasteiger partial charge is 0.232 e. The highest BCUT2D eigenvalue weighted by atomic mass is 16.2. The van der Waals surface area contributed by atoms with Gasteiger partial charge in [0.2, 0.25) is 5.91 Å². The van der Waals surface area contributed by atoms with Crippen LogP contribution in [0.15, 0.2) is 18.2 Å². The summed E-state index contributed by atoms with van der Waals surface area (Å²) in [5, 5.41) is 3.01. The summed E-state index contributed by atoms with van der Waals surface area (Å²) in [4.78, 5) is 12.2. The van der Waals surface area contributed by atoms with Gasteiger partial charge in [0.05, 0.1) is 5.92 Å². The second-order valence-electron chi connectivity index (χ2n) is 7.86. The highest BCUT2D eigenvalue weighted by Crippen LogP contribution is 2.41. The first-order valence-electron chi connectivity index (χ1n) is 7.03. The van der Waals surface area contributed by atoms with Crippen molar-refractivity contribution in [1.29, 1.82) is 0 Å². The largest absolute Gasteiger partial charge is 0.325 e. The fourth-order valence-electron chi connectivity index (χ4n) is 2.61. The minimum Gasteiger partial charge on any atom is -0.325 e. The lowest BCUT2D eigenvalue weighted by atomic mass is 9.80. The molecule has 2 rings (SSSR count). The Bertz CT molecular complexity index is 503. The van der Waals surface area contributed by atoms with Gasteiger partial charge in [-0.3, -0.25) is 4.79 Å². The molecule has 0 radical (unpaired) electrons. The highest BCUT2D eigenvalue weighted by molar-refractivity contribution is 6.03. The van der Waals surface area contributed by atoms with E-state index in [1.54, 1.807) is 0 Å². The van der Waals surface area contributed by atoms with E-state index in [1.807, 2.05) is 0 Å². The fraction of sp³-hybridized carbons (Fsp3) is 0.588. The van der Waals surface area contributed by atoms with Gasteiger partial charge < -0.3 is 5.32 Å². The lowest BCUT2D eigenvalue weighted by Gasteiger charge is -2.24. The van der Waals surface area contributed by atoms with E-state index in [1.165, 1.54) is 11.1 Å². The number of carbonyl (C=O) groups is 1. The lowest BCUT2D eigenvalue weighted by molar-refractivity contribution is -0.117. The average molecular weight is 259 g/mol. The maximum absolute atomic E-state index is 12.2. The third kappa shape index (κ3) is 2.99. The van der Waals surface area contributed by atoms with Crippen LogP contribution in [0.25, 0.3) is 0 Å². The van der Waals surface area contributed by atoms with E-state index >= 15 is 0 Å². The minimum atomic E-state index is -0.00250. The Morgan fingerprint density at radius 1 is 1.11 bits per heavy atom. The van der Waals surface area contributed by atoms with Gasteiger partial charge in [-0.15, -0.1) is 0 Å². The van der Waals surface area contributed by atoms with Crippen molar-refractivity contribution in [3.05, 3.63) is 29.3 Å². The maximum atomic E-state index is 12.2. The molecule has 1 aliphatic heterocycles. The predicted octanol–water partition coefficient (Wildman–Crippen LogP) is 4.46. The molecule has 0 fully saturated rings. The summed E-state index contributed by atoms with van der Waals surface area (Å²) in [5.74, 6) is 0.147. The van der Waals surface area contributed by atoms with Crippen LogP contribution in [0.4, 0.5) is 5.69 Å². The van der Waals surface area contributed by atoms with Crippen LogP contribution in [-0.2, 0) is 10.2 Å². The number of anilines is 1. The molecule has 1 amide bonds. The van der Waals surface area contributed by atoms with E-state index in [2.05, 4.69) is 65.1 Å². The summed E-state index contributed by atoms with van der Waals surface area (Å²) in [6.45, 7) is 13.2.